The molecule has 0 N–H and O–H groups in total. The molecule has 0 aliphatic carbocycles. The van der Waals surface area contributed by atoms with Gasteiger partial charge in [0.15, 0.2) is 21.4 Å². The van der Waals surface area contributed by atoms with Crippen LogP contribution in [0.15, 0.2) is 53.4 Å². The number of benzene rings is 2. The summed E-state index contributed by atoms with van der Waals surface area (Å²) >= 11 is -2.59. The van der Waals surface area contributed by atoms with E-state index in [0.29, 0.717) is 5.56 Å². The first kappa shape index (κ1) is 21.1. The van der Waals surface area contributed by atoms with Gasteiger partial charge < -0.3 is 4.55 Å². The van der Waals surface area contributed by atoms with Gasteiger partial charge >= 0.3 is 0 Å². The van der Waals surface area contributed by atoms with E-state index in [2.05, 4.69) is 0 Å². The van der Waals surface area contributed by atoms with Crippen LogP contribution in [-0.2, 0) is 20.9 Å². The summed E-state index contributed by atoms with van der Waals surface area (Å²) in [7, 11) is -3.84. The number of carbonyl (C=O) groups excluding carboxylic acids is 2. The Labute approximate surface area is 160 Å². The number of sulfone groups is 1. The zero-order valence-electron chi connectivity index (χ0n) is 14.9. The monoisotopic (exact) mass is 407 g/mol. The topological polar surface area (TPSA) is 108 Å². The van der Waals surface area contributed by atoms with Gasteiger partial charge in [-0.15, -0.1) is 0 Å². The molecule has 27 heavy (non-hydrogen) atoms. The normalized spacial score (nSPS) is 13.7. The van der Waals surface area contributed by atoms with Crippen molar-refractivity contribution in [2.24, 2.45) is 5.92 Å². The molecule has 0 aliphatic rings. The highest BCUT2D eigenvalue weighted by Gasteiger charge is 2.28. The molecule has 0 saturated heterocycles. The zero-order valence-corrected chi connectivity index (χ0v) is 16.5. The fourth-order valence-corrected chi connectivity index (χ4v) is 4.86. The van der Waals surface area contributed by atoms with E-state index in [-0.39, 0.29) is 16.2 Å². The van der Waals surface area contributed by atoms with E-state index < -0.39 is 44.1 Å². The molecule has 2 aromatic rings. The van der Waals surface area contributed by atoms with Crippen molar-refractivity contribution in [2.45, 2.75) is 18.7 Å². The number of Topliss-reactive ketones (excluding diaryl/α,β-unsaturated/α-hetero) is 2. The first-order chi connectivity index (χ1) is 12.6. The molecule has 2 rings (SSSR count). The SMILES string of the molecule is CC(=O)c1ccc(C(=O)C(CS(=O)[O-])CS(=O)(=O)c2ccc(C)cc2)cc1. The average molecular weight is 407 g/mol. The van der Waals surface area contributed by atoms with E-state index in [1.165, 1.54) is 43.3 Å². The van der Waals surface area contributed by atoms with Crippen LogP contribution in [0, 0.1) is 12.8 Å². The lowest BCUT2D eigenvalue weighted by Crippen LogP contribution is -2.29. The number of ketones is 2. The molecular weight excluding hydrogens is 388 g/mol. The van der Waals surface area contributed by atoms with E-state index in [1.807, 2.05) is 6.92 Å². The second-order valence-electron chi connectivity index (χ2n) is 6.26. The molecule has 0 fully saturated rings. The summed E-state index contributed by atoms with van der Waals surface area (Å²) in [6.45, 7) is 3.20. The first-order valence-electron chi connectivity index (χ1n) is 8.10. The number of aryl methyl sites for hydroxylation is 1. The summed E-state index contributed by atoms with van der Waals surface area (Å²) in [5.74, 6) is -3.22. The molecule has 6 nitrogen and oxygen atoms in total. The number of hydrogen-bond donors (Lipinski definition) is 0. The van der Waals surface area contributed by atoms with Crippen LogP contribution in [-0.4, -0.2) is 40.3 Å². The first-order valence-corrected chi connectivity index (χ1v) is 11.0. The lowest BCUT2D eigenvalue weighted by atomic mass is 9.99. The lowest BCUT2D eigenvalue weighted by Gasteiger charge is -2.18. The summed E-state index contributed by atoms with van der Waals surface area (Å²) in [6.07, 6.45) is 0. The third-order valence-electron chi connectivity index (χ3n) is 4.08. The van der Waals surface area contributed by atoms with Crippen LogP contribution in [0.25, 0.3) is 0 Å². The molecular formula is C19H19O6S2-. The van der Waals surface area contributed by atoms with Crippen LogP contribution in [0.4, 0.5) is 0 Å². The second-order valence-corrected chi connectivity index (χ2v) is 9.23. The maximum absolute atomic E-state index is 12.7. The van der Waals surface area contributed by atoms with Crippen LogP contribution in [0.2, 0.25) is 0 Å². The van der Waals surface area contributed by atoms with Gasteiger partial charge in [-0.3, -0.25) is 13.8 Å². The van der Waals surface area contributed by atoms with E-state index in [4.69, 9.17) is 0 Å². The van der Waals surface area contributed by atoms with Gasteiger partial charge in [-0.1, -0.05) is 53.0 Å². The van der Waals surface area contributed by atoms with Gasteiger partial charge in [-0.25, -0.2) is 8.42 Å². The zero-order chi connectivity index (χ0) is 20.2. The summed E-state index contributed by atoms with van der Waals surface area (Å²) < 4.78 is 47.6. The third kappa shape index (κ3) is 5.66. The molecule has 0 amide bonds. The van der Waals surface area contributed by atoms with Crippen LogP contribution < -0.4 is 0 Å². The van der Waals surface area contributed by atoms with Crippen LogP contribution in [0.3, 0.4) is 0 Å². The predicted octanol–water partition coefficient (Wildman–Crippen LogP) is 2.35. The van der Waals surface area contributed by atoms with E-state index >= 15 is 0 Å². The van der Waals surface area contributed by atoms with Crippen molar-refractivity contribution >= 4 is 32.5 Å². The Morgan fingerprint density at radius 2 is 1.52 bits per heavy atom. The summed E-state index contributed by atoms with van der Waals surface area (Å²) in [6, 6.07) is 11.8. The molecule has 0 saturated carbocycles. The molecule has 0 aromatic heterocycles. The Bertz CT molecular complexity index is 960. The molecule has 0 spiro atoms. The molecule has 2 unspecified atom stereocenters. The van der Waals surface area contributed by atoms with E-state index in [1.54, 1.807) is 12.1 Å². The van der Waals surface area contributed by atoms with Crippen molar-refractivity contribution in [2.75, 3.05) is 11.5 Å². The lowest BCUT2D eigenvalue weighted by molar-refractivity contribution is 0.0940. The second kappa shape index (κ2) is 8.69. The fraction of sp³-hybridized carbons (Fsp3) is 0.263. The maximum Gasteiger partial charge on any atom is 0.179 e. The van der Waals surface area contributed by atoms with Crippen LogP contribution >= 0.6 is 0 Å². The van der Waals surface area contributed by atoms with Gasteiger partial charge in [-0.05, 0) is 26.0 Å². The Hall–Kier alpha value is -2.16. The van der Waals surface area contributed by atoms with Gasteiger partial charge in [0.1, 0.15) is 0 Å². The van der Waals surface area contributed by atoms with Crippen LogP contribution in [0.1, 0.15) is 33.2 Å². The largest absolute Gasteiger partial charge is 0.772 e. The minimum absolute atomic E-state index is 0.0366. The van der Waals surface area contributed by atoms with Crippen LogP contribution in [0.5, 0.6) is 0 Å². The molecule has 2 aromatic carbocycles. The smallest absolute Gasteiger partial charge is 0.179 e. The van der Waals surface area contributed by atoms with E-state index in [0.717, 1.165) is 5.56 Å². The summed E-state index contributed by atoms with van der Waals surface area (Å²) in [4.78, 5) is 24.1. The third-order valence-corrected chi connectivity index (χ3v) is 6.59. The van der Waals surface area contributed by atoms with Crippen molar-refractivity contribution in [1.29, 1.82) is 0 Å². The molecule has 2 atom stereocenters. The molecule has 0 heterocycles. The standard InChI is InChI=1S/C19H20O6S2/c1-13-3-9-18(10-4-13)27(24,25)12-17(11-26(22)23)19(21)16-7-5-15(6-8-16)14(2)20/h3-10,17H,11-12H2,1-2H3,(H,22,23)/p-1. The van der Waals surface area contributed by atoms with Gasteiger partial charge in [0.2, 0.25) is 0 Å². The Balaban J connectivity index is 2.31. The van der Waals surface area contributed by atoms with Crippen molar-refractivity contribution in [1.82, 2.24) is 0 Å². The van der Waals surface area contributed by atoms with Crippen molar-refractivity contribution < 1.29 is 26.8 Å². The van der Waals surface area contributed by atoms with Gasteiger partial charge in [0.25, 0.3) is 0 Å². The minimum Gasteiger partial charge on any atom is -0.772 e. The Kier molecular flexibility index (Phi) is 6.80. The molecule has 0 aliphatic heterocycles. The summed E-state index contributed by atoms with van der Waals surface area (Å²) in [5.41, 5.74) is 1.45. The fourth-order valence-electron chi connectivity index (χ4n) is 2.58. The van der Waals surface area contributed by atoms with Gasteiger partial charge in [0, 0.05) is 22.8 Å². The van der Waals surface area contributed by atoms with Gasteiger partial charge in [0.05, 0.1) is 10.6 Å². The Morgan fingerprint density at radius 3 is 2.00 bits per heavy atom. The highest BCUT2D eigenvalue weighted by Crippen LogP contribution is 2.19. The quantitative estimate of drug-likeness (QED) is 0.491. The number of rotatable bonds is 8. The predicted molar refractivity (Wildman–Crippen MR) is 101 cm³/mol. The van der Waals surface area contributed by atoms with E-state index in [9.17, 15) is 26.8 Å². The highest BCUT2D eigenvalue weighted by molar-refractivity contribution is 7.91. The molecule has 8 heteroatoms. The van der Waals surface area contributed by atoms with Crippen molar-refractivity contribution in [3.63, 3.8) is 0 Å². The molecule has 0 radical (unpaired) electrons. The molecule has 0 bridgehead atoms. The number of hydrogen-bond acceptors (Lipinski definition) is 6. The van der Waals surface area contributed by atoms with Gasteiger partial charge in [-0.2, -0.15) is 0 Å². The molecule has 144 valence electrons. The maximum atomic E-state index is 12.7. The minimum atomic E-state index is -3.84. The number of carbonyl (C=O) groups is 2. The van der Waals surface area contributed by atoms with Crippen molar-refractivity contribution in [3.8, 4) is 0 Å². The highest BCUT2D eigenvalue weighted by atomic mass is 32.2. The van der Waals surface area contributed by atoms with Crippen molar-refractivity contribution in [3.05, 3.63) is 65.2 Å². The summed E-state index contributed by atoms with van der Waals surface area (Å²) in [5, 5.41) is 0. The Morgan fingerprint density at radius 1 is 1.00 bits per heavy atom. The average Bonchev–Trinajstić information content (AvgIpc) is 2.60.